The summed E-state index contributed by atoms with van der Waals surface area (Å²) in [5.74, 6) is 0. The zero-order valence-electron chi connectivity index (χ0n) is 11.6. The van der Waals surface area contributed by atoms with Gasteiger partial charge in [0.15, 0.2) is 0 Å². The van der Waals surface area contributed by atoms with E-state index in [0.29, 0.717) is 13.1 Å². The predicted octanol–water partition coefficient (Wildman–Crippen LogP) is 2.03. The summed E-state index contributed by atoms with van der Waals surface area (Å²) in [6.07, 6.45) is -4.69. The van der Waals surface area contributed by atoms with E-state index in [9.17, 15) is 21.6 Å². The maximum Gasteiger partial charge on any atom is 0.417 e. The lowest BCUT2D eigenvalue weighted by Gasteiger charge is -2.33. The standard InChI is InChI=1S/C13H17F3N2O2S/c1-2-17-7-9-18(10-8-17)21(19,20)12-6-4-3-5-11(12)13(14,15)16/h3-6H,2,7-10H2,1H3. The lowest BCUT2D eigenvalue weighted by Crippen LogP contribution is -2.48. The van der Waals surface area contributed by atoms with Crippen molar-refractivity contribution in [1.29, 1.82) is 0 Å². The Kier molecular flexibility index (Phi) is 4.60. The van der Waals surface area contributed by atoms with Crippen LogP contribution in [0.1, 0.15) is 12.5 Å². The minimum atomic E-state index is -4.69. The summed E-state index contributed by atoms with van der Waals surface area (Å²) in [7, 11) is -4.12. The summed E-state index contributed by atoms with van der Waals surface area (Å²) in [6.45, 7) is 4.24. The number of halogens is 3. The van der Waals surface area contributed by atoms with Gasteiger partial charge < -0.3 is 4.90 Å². The molecule has 0 unspecified atom stereocenters. The Labute approximate surface area is 122 Å². The number of sulfonamides is 1. The molecule has 0 amide bonds. The predicted molar refractivity (Wildman–Crippen MR) is 72.3 cm³/mol. The topological polar surface area (TPSA) is 40.6 Å². The molecular formula is C13H17F3N2O2S. The van der Waals surface area contributed by atoms with Crippen LogP contribution in [0.4, 0.5) is 13.2 Å². The van der Waals surface area contributed by atoms with Gasteiger partial charge in [-0.25, -0.2) is 8.42 Å². The molecule has 1 aliphatic rings. The molecule has 1 aliphatic heterocycles. The zero-order valence-corrected chi connectivity index (χ0v) is 12.4. The molecule has 0 aromatic heterocycles. The molecule has 1 heterocycles. The van der Waals surface area contributed by atoms with Gasteiger partial charge in [0.25, 0.3) is 0 Å². The van der Waals surface area contributed by atoms with Gasteiger partial charge in [0.05, 0.1) is 10.5 Å². The first-order valence-electron chi connectivity index (χ1n) is 6.65. The van der Waals surface area contributed by atoms with Crippen molar-refractivity contribution in [2.75, 3.05) is 32.7 Å². The van der Waals surface area contributed by atoms with E-state index in [1.54, 1.807) is 0 Å². The number of hydrogen-bond donors (Lipinski definition) is 0. The van der Waals surface area contributed by atoms with Crippen LogP contribution in [0.25, 0.3) is 0 Å². The molecule has 1 aromatic rings. The van der Waals surface area contributed by atoms with Crippen LogP contribution >= 0.6 is 0 Å². The first-order chi connectivity index (χ1) is 9.76. The molecule has 1 saturated heterocycles. The third kappa shape index (κ3) is 3.38. The summed E-state index contributed by atoms with van der Waals surface area (Å²) in [6, 6.07) is 4.32. The second-order valence-corrected chi connectivity index (χ2v) is 6.74. The third-order valence-electron chi connectivity index (χ3n) is 3.59. The number of likely N-dealkylation sites (N-methyl/N-ethyl adjacent to an activating group) is 1. The second kappa shape index (κ2) is 5.94. The molecule has 0 aliphatic carbocycles. The number of alkyl halides is 3. The van der Waals surface area contributed by atoms with Gasteiger partial charge in [-0.15, -0.1) is 0 Å². The lowest BCUT2D eigenvalue weighted by atomic mass is 10.2. The monoisotopic (exact) mass is 322 g/mol. The number of rotatable bonds is 3. The van der Waals surface area contributed by atoms with Gasteiger partial charge in [-0.2, -0.15) is 17.5 Å². The van der Waals surface area contributed by atoms with Gasteiger partial charge in [-0.1, -0.05) is 19.1 Å². The number of benzene rings is 1. The van der Waals surface area contributed by atoms with Crippen molar-refractivity contribution >= 4 is 10.0 Å². The smallest absolute Gasteiger partial charge is 0.301 e. The molecule has 0 saturated carbocycles. The fourth-order valence-electron chi connectivity index (χ4n) is 2.35. The van der Waals surface area contributed by atoms with E-state index in [1.165, 1.54) is 12.1 Å². The number of hydrogen-bond acceptors (Lipinski definition) is 3. The Hall–Kier alpha value is -1.12. The molecule has 1 aromatic carbocycles. The maximum atomic E-state index is 13.0. The van der Waals surface area contributed by atoms with Crippen molar-refractivity contribution in [3.63, 3.8) is 0 Å². The van der Waals surface area contributed by atoms with Crippen LogP contribution in [-0.4, -0.2) is 50.3 Å². The lowest BCUT2D eigenvalue weighted by molar-refractivity contribution is -0.139. The quantitative estimate of drug-likeness (QED) is 0.855. The van der Waals surface area contributed by atoms with Crippen LogP contribution in [0.5, 0.6) is 0 Å². The van der Waals surface area contributed by atoms with E-state index in [1.807, 2.05) is 6.92 Å². The van der Waals surface area contributed by atoms with Crippen LogP contribution in [-0.2, 0) is 16.2 Å². The van der Waals surface area contributed by atoms with Crippen LogP contribution < -0.4 is 0 Å². The van der Waals surface area contributed by atoms with Gasteiger partial charge in [0.1, 0.15) is 0 Å². The van der Waals surface area contributed by atoms with Crippen molar-refractivity contribution < 1.29 is 21.6 Å². The highest BCUT2D eigenvalue weighted by Gasteiger charge is 2.39. The zero-order chi connectivity index (χ0) is 15.7. The Morgan fingerprint density at radius 3 is 2.19 bits per heavy atom. The first kappa shape index (κ1) is 16.3. The Bertz CT molecular complexity index is 594. The van der Waals surface area contributed by atoms with E-state index in [4.69, 9.17) is 0 Å². The van der Waals surface area contributed by atoms with E-state index >= 15 is 0 Å². The van der Waals surface area contributed by atoms with Gasteiger partial charge in [0, 0.05) is 26.2 Å². The van der Waals surface area contributed by atoms with E-state index in [0.717, 1.165) is 23.0 Å². The number of piperazine rings is 1. The molecule has 4 nitrogen and oxygen atoms in total. The minimum absolute atomic E-state index is 0.211. The van der Waals surface area contributed by atoms with Gasteiger partial charge in [0.2, 0.25) is 10.0 Å². The highest BCUT2D eigenvalue weighted by molar-refractivity contribution is 7.89. The molecule has 118 valence electrons. The van der Waals surface area contributed by atoms with Gasteiger partial charge in [-0.3, -0.25) is 0 Å². The average molecular weight is 322 g/mol. The largest absolute Gasteiger partial charge is 0.417 e. The summed E-state index contributed by atoms with van der Waals surface area (Å²) in [5.41, 5.74) is -1.11. The summed E-state index contributed by atoms with van der Waals surface area (Å²) < 4.78 is 65.0. The fraction of sp³-hybridized carbons (Fsp3) is 0.538. The van der Waals surface area contributed by atoms with Gasteiger partial charge >= 0.3 is 6.18 Å². The number of nitrogens with zero attached hydrogens (tertiary/aromatic N) is 2. The van der Waals surface area contributed by atoms with E-state index in [-0.39, 0.29) is 13.1 Å². The molecule has 0 radical (unpaired) electrons. The summed E-state index contributed by atoms with van der Waals surface area (Å²) >= 11 is 0. The molecule has 0 atom stereocenters. The fourth-order valence-corrected chi connectivity index (χ4v) is 3.99. The molecule has 21 heavy (non-hydrogen) atoms. The highest BCUT2D eigenvalue weighted by atomic mass is 32.2. The molecule has 0 spiro atoms. The highest BCUT2D eigenvalue weighted by Crippen LogP contribution is 2.35. The van der Waals surface area contributed by atoms with Crippen LogP contribution in [0.3, 0.4) is 0 Å². The van der Waals surface area contributed by atoms with Crippen molar-refractivity contribution in [2.45, 2.75) is 18.0 Å². The first-order valence-corrected chi connectivity index (χ1v) is 8.09. The molecule has 0 N–H and O–H groups in total. The average Bonchev–Trinajstić information content (AvgIpc) is 2.46. The van der Waals surface area contributed by atoms with Crippen LogP contribution in [0, 0.1) is 0 Å². The van der Waals surface area contributed by atoms with E-state index < -0.39 is 26.7 Å². The minimum Gasteiger partial charge on any atom is -0.301 e. The Morgan fingerprint density at radius 1 is 1.10 bits per heavy atom. The van der Waals surface area contributed by atoms with Crippen molar-refractivity contribution in [1.82, 2.24) is 9.21 Å². The van der Waals surface area contributed by atoms with E-state index in [2.05, 4.69) is 4.90 Å². The third-order valence-corrected chi connectivity index (χ3v) is 5.55. The van der Waals surface area contributed by atoms with Crippen molar-refractivity contribution in [3.8, 4) is 0 Å². The van der Waals surface area contributed by atoms with Crippen molar-refractivity contribution in [3.05, 3.63) is 29.8 Å². The van der Waals surface area contributed by atoms with Crippen molar-refractivity contribution in [2.24, 2.45) is 0 Å². The molecule has 8 heteroatoms. The Morgan fingerprint density at radius 2 is 1.67 bits per heavy atom. The molecule has 1 fully saturated rings. The molecular weight excluding hydrogens is 305 g/mol. The summed E-state index contributed by atoms with van der Waals surface area (Å²) in [4.78, 5) is 1.39. The van der Waals surface area contributed by atoms with Gasteiger partial charge in [-0.05, 0) is 18.7 Å². The Balaban J connectivity index is 2.33. The molecule has 2 rings (SSSR count). The summed E-state index contributed by atoms with van der Waals surface area (Å²) in [5, 5.41) is 0. The molecule has 0 bridgehead atoms. The van der Waals surface area contributed by atoms with Crippen LogP contribution in [0.2, 0.25) is 0 Å². The normalized spacial score (nSPS) is 18.9. The van der Waals surface area contributed by atoms with Crippen LogP contribution in [0.15, 0.2) is 29.2 Å². The maximum absolute atomic E-state index is 13.0. The SMILES string of the molecule is CCN1CCN(S(=O)(=O)c2ccccc2C(F)(F)F)CC1. The second-order valence-electron chi connectivity index (χ2n) is 4.83.